The van der Waals surface area contributed by atoms with E-state index in [2.05, 4.69) is 15.9 Å². The molecule has 19 heavy (non-hydrogen) atoms. The van der Waals surface area contributed by atoms with Crippen LogP contribution in [-0.4, -0.2) is 5.78 Å². The van der Waals surface area contributed by atoms with E-state index in [1.807, 2.05) is 48.6 Å². The maximum absolute atomic E-state index is 13.1. The van der Waals surface area contributed by atoms with Crippen molar-refractivity contribution in [3.05, 3.63) is 66.4 Å². The van der Waals surface area contributed by atoms with Gasteiger partial charge in [-0.2, -0.15) is 0 Å². The molecule has 2 aromatic rings. The van der Waals surface area contributed by atoms with Crippen molar-refractivity contribution in [1.29, 1.82) is 0 Å². The second-order valence-corrected chi connectivity index (χ2v) is 6.39. The summed E-state index contributed by atoms with van der Waals surface area (Å²) >= 11 is 5.43. The number of carbonyl (C=O) groups is 1. The average molecular weight is 433 g/mol. The summed E-state index contributed by atoms with van der Waals surface area (Å²) < 4.78 is 14.7. The highest BCUT2D eigenvalue weighted by molar-refractivity contribution is 14.1. The van der Waals surface area contributed by atoms with Crippen molar-refractivity contribution in [2.45, 2.75) is 13.8 Å². The van der Waals surface area contributed by atoms with Gasteiger partial charge in [0.1, 0.15) is 5.82 Å². The van der Waals surface area contributed by atoms with Gasteiger partial charge in [0.2, 0.25) is 0 Å². The number of rotatable bonds is 2. The Morgan fingerprint density at radius 3 is 2.42 bits per heavy atom. The topological polar surface area (TPSA) is 17.1 Å². The molecule has 0 unspecified atom stereocenters. The standard InChI is InChI=1S/C15H11BrFIO/c1-8-6-13(16)9(2)5-12(8)15(19)11-4-3-10(17)7-14(11)18/h3-7H,1-2H3. The molecule has 0 aromatic heterocycles. The first-order chi connectivity index (χ1) is 8.90. The zero-order valence-electron chi connectivity index (χ0n) is 10.4. The van der Waals surface area contributed by atoms with Gasteiger partial charge in [-0.05, 0) is 77.9 Å². The van der Waals surface area contributed by atoms with E-state index in [1.54, 1.807) is 0 Å². The molecule has 0 radical (unpaired) electrons. The van der Waals surface area contributed by atoms with Crippen LogP contribution >= 0.6 is 38.5 Å². The van der Waals surface area contributed by atoms with Crippen LogP contribution in [0.4, 0.5) is 4.39 Å². The molecule has 0 atom stereocenters. The van der Waals surface area contributed by atoms with Crippen molar-refractivity contribution in [3.8, 4) is 0 Å². The van der Waals surface area contributed by atoms with Crippen molar-refractivity contribution in [1.82, 2.24) is 0 Å². The highest BCUT2D eigenvalue weighted by Crippen LogP contribution is 2.25. The lowest BCUT2D eigenvalue weighted by Crippen LogP contribution is -2.07. The lowest BCUT2D eigenvalue weighted by Gasteiger charge is -2.09. The van der Waals surface area contributed by atoms with Gasteiger partial charge in [-0.1, -0.05) is 15.9 Å². The van der Waals surface area contributed by atoms with Crippen LogP contribution in [0.15, 0.2) is 34.8 Å². The van der Waals surface area contributed by atoms with Crippen LogP contribution in [0.3, 0.4) is 0 Å². The Morgan fingerprint density at radius 2 is 1.79 bits per heavy atom. The normalized spacial score (nSPS) is 10.6. The molecule has 2 rings (SSSR count). The van der Waals surface area contributed by atoms with Gasteiger partial charge in [0.05, 0.1) is 0 Å². The molecule has 0 spiro atoms. The second kappa shape index (κ2) is 5.71. The number of ketones is 1. The Bertz CT molecular complexity index is 667. The molecule has 0 amide bonds. The van der Waals surface area contributed by atoms with E-state index in [4.69, 9.17) is 0 Å². The molecule has 0 aliphatic heterocycles. The summed E-state index contributed by atoms with van der Waals surface area (Å²) in [6.07, 6.45) is 0. The third-order valence-corrected chi connectivity index (χ3v) is 4.67. The minimum absolute atomic E-state index is 0.0718. The molecular formula is C15H11BrFIO. The van der Waals surface area contributed by atoms with Crippen LogP contribution in [0.2, 0.25) is 0 Å². The molecule has 0 aliphatic carbocycles. The molecule has 0 aliphatic rings. The van der Waals surface area contributed by atoms with E-state index in [1.165, 1.54) is 18.2 Å². The van der Waals surface area contributed by atoms with Crippen LogP contribution in [-0.2, 0) is 0 Å². The zero-order valence-corrected chi connectivity index (χ0v) is 14.2. The number of aryl methyl sites for hydroxylation is 2. The molecule has 0 bridgehead atoms. The fourth-order valence-corrected chi connectivity index (χ4v) is 3.02. The van der Waals surface area contributed by atoms with Gasteiger partial charge < -0.3 is 0 Å². The van der Waals surface area contributed by atoms with Crippen LogP contribution < -0.4 is 0 Å². The van der Waals surface area contributed by atoms with Gasteiger partial charge in [-0.3, -0.25) is 4.79 Å². The minimum atomic E-state index is -0.329. The predicted molar refractivity (Wildman–Crippen MR) is 86.2 cm³/mol. The van der Waals surface area contributed by atoms with Crippen molar-refractivity contribution >= 4 is 44.3 Å². The van der Waals surface area contributed by atoms with Crippen LogP contribution in [0.1, 0.15) is 27.0 Å². The fraction of sp³-hybridized carbons (Fsp3) is 0.133. The summed E-state index contributed by atoms with van der Waals surface area (Å²) in [6.45, 7) is 3.84. The lowest BCUT2D eigenvalue weighted by atomic mass is 9.97. The van der Waals surface area contributed by atoms with Crippen molar-refractivity contribution in [3.63, 3.8) is 0 Å². The lowest BCUT2D eigenvalue weighted by molar-refractivity contribution is 0.103. The Hall–Kier alpha value is -0.750. The summed E-state index contributed by atoms with van der Waals surface area (Å²) in [6, 6.07) is 8.02. The highest BCUT2D eigenvalue weighted by Gasteiger charge is 2.16. The minimum Gasteiger partial charge on any atom is -0.289 e. The second-order valence-electron chi connectivity index (χ2n) is 4.37. The number of benzene rings is 2. The Morgan fingerprint density at radius 1 is 1.11 bits per heavy atom. The molecular weight excluding hydrogens is 422 g/mol. The predicted octanol–water partition coefficient (Wildman–Crippen LogP) is 5.04. The van der Waals surface area contributed by atoms with Crippen molar-refractivity contribution in [2.24, 2.45) is 0 Å². The highest BCUT2D eigenvalue weighted by atomic mass is 127. The smallest absolute Gasteiger partial charge is 0.194 e. The molecule has 1 nitrogen and oxygen atoms in total. The van der Waals surface area contributed by atoms with Gasteiger partial charge >= 0.3 is 0 Å². The van der Waals surface area contributed by atoms with Gasteiger partial charge in [0.15, 0.2) is 5.78 Å². The number of carbonyl (C=O) groups excluding carboxylic acids is 1. The van der Waals surface area contributed by atoms with E-state index < -0.39 is 0 Å². The number of halogens is 3. The van der Waals surface area contributed by atoms with E-state index in [9.17, 15) is 9.18 Å². The van der Waals surface area contributed by atoms with Gasteiger partial charge in [0, 0.05) is 19.2 Å². The fourth-order valence-electron chi connectivity index (χ4n) is 1.84. The molecule has 0 saturated heterocycles. The summed E-state index contributed by atoms with van der Waals surface area (Å²) in [7, 11) is 0. The summed E-state index contributed by atoms with van der Waals surface area (Å²) in [5, 5.41) is 0. The Labute approximate surface area is 133 Å². The molecule has 0 heterocycles. The van der Waals surface area contributed by atoms with Crippen LogP contribution in [0.5, 0.6) is 0 Å². The van der Waals surface area contributed by atoms with Gasteiger partial charge in [0.25, 0.3) is 0 Å². The van der Waals surface area contributed by atoms with E-state index in [0.29, 0.717) is 14.7 Å². The monoisotopic (exact) mass is 432 g/mol. The Kier molecular flexibility index (Phi) is 4.40. The van der Waals surface area contributed by atoms with Crippen LogP contribution in [0, 0.1) is 23.2 Å². The summed E-state index contributed by atoms with van der Waals surface area (Å²) in [5.74, 6) is -0.401. The zero-order chi connectivity index (χ0) is 14.2. The molecule has 0 fully saturated rings. The SMILES string of the molecule is Cc1cc(C(=O)c2ccc(F)cc2I)c(C)cc1Br. The van der Waals surface area contributed by atoms with E-state index in [-0.39, 0.29) is 11.6 Å². The maximum Gasteiger partial charge on any atom is 0.194 e. The first-order valence-electron chi connectivity index (χ1n) is 5.66. The number of hydrogen-bond acceptors (Lipinski definition) is 1. The van der Waals surface area contributed by atoms with Gasteiger partial charge in [-0.15, -0.1) is 0 Å². The summed E-state index contributed by atoms with van der Waals surface area (Å²) in [5.41, 5.74) is 3.10. The number of hydrogen-bond donors (Lipinski definition) is 0. The summed E-state index contributed by atoms with van der Waals surface area (Å²) in [4.78, 5) is 12.5. The van der Waals surface area contributed by atoms with Crippen molar-refractivity contribution < 1.29 is 9.18 Å². The molecule has 4 heteroatoms. The first kappa shape index (κ1) is 14.7. The Balaban J connectivity index is 2.53. The molecule has 0 saturated carbocycles. The first-order valence-corrected chi connectivity index (χ1v) is 7.54. The maximum atomic E-state index is 13.1. The van der Waals surface area contributed by atoms with E-state index in [0.717, 1.165) is 15.6 Å². The molecule has 98 valence electrons. The largest absolute Gasteiger partial charge is 0.289 e. The van der Waals surface area contributed by atoms with E-state index >= 15 is 0 Å². The van der Waals surface area contributed by atoms with Gasteiger partial charge in [-0.25, -0.2) is 4.39 Å². The molecule has 2 aromatic carbocycles. The molecule has 0 N–H and O–H groups in total. The van der Waals surface area contributed by atoms with Crippen LogP contribution in [0.25, 0.3) is 0 Å². The third kappa shape index (κ3) is 3.05. The van der Waals surface area contributed by atoms with Crippen molar-refractivity contribution in [2.75, 3.05) is 0 Å². The average Bonchev–Trinajstić information content (AvgIpc) is 2.33. The quantitative estimate of drug-likeness (QED) is 0.480. The third-order valence-electron chi connectivity index (χ3n) is 2.93.